The first-order chi connectivity index (χ1) is 15.7. The number of Topliss-reactive ketones (excluding diaryl/α,β-unsaturated/α-hetero) is 1. The number of ketones is 1. The molecule has 0 saturated heterocycles. The molecule has 2 aromatic carbocycles. The molecule has 33 heavy (non-hydrogen) atoms. The molecule has 0 radical (unpaired) electrons. The minimum Gasteiger partial charge on any atom is -0.435 e. The van der Waals surface area contributed by atoms with Gasteiger partial charge in [-0.3, -0.25) is 9.32 Å². The second-order valence-electron chi connectivity index (χ2n) is 6.90. The molecule has 0 spiro atoms. The fraction of sp³-hybridized carbons (Fsp3) is 0.0909. The number of aromatic nitrogens is 2. The van der Waals surface area contributed by atoms with Gasteiger partial charge >= 0.3 is 17.5 Å². The Balaban J connectivity index is 2.06. The summed E-state index contributed by atoms with van der Waals surface area (Å²) in [7, 11) is 0. The number of hydrogen-bond acceptors (Lipinski definition) is 6. The van der Waals surface area contributed by atoms with Gasteiger partial charge in [0.2, 0.25) is 17.3 Å². The molecular formula is C22H14F3N4O4+. The minimum atomic E-state index is -5.16. The van der Waals surface area contributed by atoms with Crippen LogP contribution in [0.3, 0.4) is 0 Å². The topological polar surface area (TPSA) is 126 Å². The summed E-state index contributed by atoms with van der Waals surface area (Å²) in [5.41, 5.74) is 2.80. The van der Waals surface area contributed by atoms with E-state index in [1.807, 2.05) is 0 Å². The molecule has 0 aliphatic carbocycles. The van der Waals surface area contributed by atoms with E-state index in [2.05, 4.69) is 5.27 Å². The molecule has 2 heterocycles. The SMILES string of the molecule is N#CC1=C(N)OC(C(F)(F)F)=C(C(=O)c2ccccc2)C1c1c(=O)o[nH][n+]1-c1ccccc1. The van der Waals surface area contributed by atoms with E-state index in [9.17, 15) is 28.0 Å². The average Bonchev–Trinajstić information content (AvgIpc) is 3.19. The maximum atomic E-state index is 14.0. The highest BCUT2D eigenvalue weighted by Crippen LogP contribution is 2.44. The number of rotatable bonds is 4. The molecule has 0 fully saturated rings. The van der Waals surface area contributed by atoms with Crippen LogP contribution in [0.5, 0.6) is 0 Å². The Morgan fingerprint density at radius 3 is 2.27 bits per heavy atom. The van der Waals surface area contributed by atoms with E-state index in [1.54, 1.807) is 42.5 Å². The van der Waals surface area contributed by atoms with E-state index in [1.165, 1.54) is 24.3 Å². The number of benzene rings is 2. The van der Waals surface area contributed by atoms with Crippen molar-refractivity contribution < 1.29 is 31.9 Å². The second-order valence-corrected chi connectivity index (χ2v) is 6.90. The zero-order chi connectivity index (χ0) is 23.8. The molecule has 11 heteroatoms. The van der Waals surface area contributed by atoms with E-state index in [-0.39, 0.29) is 5.56 Å². The Morgan fingerprint density at radius 1 is 1.09 bits per heavy atom. The summed E-state index contributed by atoms with van der Waals surface area (Å²) < 4.78 is 52.6. The lowest BCUT2D eigenvalue weighted by atomic mass is 9.82. The van der Waals surface area contributed by atoms with E-state index in [4.69, 9.17) is 15.0 Å². The normalized spacial score (nSPS) is 16.4. The largest absolute Gasteiger partial charge is 0.450 e. The number of nitriles is 1. The third-order valence-electron chi connectivity index (χ3n) is 4.93. The molecule has 1 aliphatic heterocycles. The van der Waals surface area contributed by atoms with Gasteiger partial charge in [0.1, 0.15) is 17.6 Å². The minimum absolute atomic E-state index is 0.105. The van der Waals surface area contributed by atoms with Crippen molar-refractivity contribution in [2.75, 3.05) is 0 Å². The Labute approximate surface area is 183 Å². The van der Waals surface area contributed by atoms with Crippen LogP contribution in [-0.2, 0) is 4.74 Å². The molecule has 166 valence electrons. The van der Waals surface area contributed by atoms with Gasteiger partial charge in [-0.1, -0.05) is 48.5 Å². The number of ether oxygens (including phenoxy) is 1. The Kier molecular flexibility index (Phi) is 5.35. The van der Waals surface area contributed by atoms with Gasteiger partial charge in [-0.2, -0.15) is 18.4 Å². The van der Waals surface area contributed by atoms with E-state index < -0.39 is 52.0 Å². The van der Waals surface area contributed by atoms with Crippen LogP contribution >= 0.6 is 0 Å². The zero-order valence-corrected chi connectivity index (χ0v) is 16.6. The summed E-state index contributed by atoms with van der Waals surface area (Å²) >= 11 is 0. The number of nitrogens with two attached hydrogens (primary N) is 1. The van der Waals surface area contributed by atoms with E-state index >= 15 is 0 Å². The van der Waals surface area contributed by atoms with E-state index in [0.29, 0.717) is 5.69 Å². The van der Waals surface area contributed by atoms with Crippen molar-refractivity contribution in [2.24, 2.45) is 5.73 Å². The number of para-hydroxylation sites is 1. The third kappa shape index (κ3) is 3.78. The van der Waals surface area contributed by atoms with Crippen molar-refractivity contribution in [1.29, 1.82) is 5.26 Å². The zero-order valence-electron chi connectivity index (χ0n) is 16.6. The highest BCUT2D eigenvalue weighted by molar-refractivity contribution is 6.10. The van der Waals surface area contributed by atoms with Crippen molar-refractivity contribution in [3.8, 4) is 11.8 Å². The second kappa shape index (κ2) is 8.16. The van der Waals surface area contributed by atoms with Gasteiger partial charge in [0, 0.05) is 17.7 Å². The molecule has 3 N–H and O–H groups in total. The quantitative estimate of drug-likeness (QED) is 0.460. The number of aromatic amines is 1. The fourth-order valence-corrected chi connectivity index (χ4v) is 3.52. The van der Waals surface area contributed by atoms with Crippen molar-refractivity contribution in [3.63, 3.8) is 0 Å². The summed E-state index contributed by atoms with van der Waals surface area (Å²) in [6.45, 7) is 0. The number of halogens is 3. The summed E-state index contributed by atoms with van der Waals surface area (Å²) in [6.07, 6.45) is -5.16. The summed E-state index contributed by atoms with van der Waals surface area (Å²) in [6, 6.07) is 16.8. The number of nitrogens with one attached hydrogen (secondary N) is 1. The number of H-pyrrole nitrogens is 1. The van der Waals surface area contributed by atoms with Gasteiger partial charge in [0.15, 0.2) is 5.78 Å². The molecule has 1 aromatic heterocycles. The van der Waals surface area contributed by atoms with E-state index in [0.717, 1.165) is 4.68 Å². The first-order valence-electron chi connectivity index (χ1n) is 9.41. The van der Waals surface area contributed by atoms with Crippen LogP contribution in [0.15, 0.2) is 92.8 Å². The lowest BCUT2D eigenvalue weighted by Crippen LogP contribution is -2.43. The Morgan fingerprint density at radius 2 is 1.70 bits per heavy atom. The number of nitrogens with zero attached hydrogens (tertiary/aromatic N) is 2. The monoisotopic (exact) mass is 455 g/mol. The van der Waals surface area contributed by atoms with Crippen molar-refractivity contribution in [2.45, 2.75) is 12.1 Å². The van der Waals surface area contributed by atoms with Gasteiger partial charge < -0.3 is 10.5 Å². The first kappa shape index (κ1) is 21.6. The highest BCUT2D eigenvalue weighted by atomic mass is 19.4. The van der Waals surface area contributed by atoms with Crippen LogP contribution in [0.2, 0.25) is 0 Å². The van der Waals surface area contributed by atoms with Crippen LogP contribution in [-0.4, -0.2) is 17.2 Å². The standard InChI is InChI=1S/C22H13F3N4O4/c23-22(24,25)19-16(18(30)12-7-3-1-4-8-12)15(14(11-26)20(27)32-19)17-21(31)33-28-29(17)13-9-5-2-6-10-13/h1-10,15H,27H2/p+1. The van der Waals surface area contributed by atoms with Crippen LogP contribution in [0.4, 0.5) is 13.2 Å². The maximum absolute atomic E-state index is 14.0. The number of carbonyl (C=O) groups is 1. The highest BCUT2D eigenvalue weighted by Gasteiger charge is 2.52. The van der Waals surface area contributed by atoms with Gasteiger partial charge in [0.25, 0.3) is 0 Å². The Hall–Kier alpha value is -4.59. The molecule has 0 amide bonds. The number of allylic oxidation sites excluding steroid dienone is 3. The predicted molar refractivity (Wildman–Crippen MR) is 105 cm³/mol. The molecule has 1 aliphatic rings. The number of carbonyl (C=O) groups excluding carboxylic acids is 1. The molecule has 3 aromatic rings. The van der Waals surface area contributed by atoms with Crippen molar-refractivity contribution in [3.05, 3.63) is 105 Å². The van der Waals surface area contributed by atoms with Crippen molar-refractivity contribution >= 4 is 5.78 Å². The molecule has 8 nitrogen and oxygen atoms in total. The van der Waals surface area contributed by atoms with Crippen LogP contribution < -0.4 is 16.0 Å². The lowest BCUT2D eigenvalue weighted by Gasteiger charge is -2.26. The fourth-order valence-electron chi connectivity index (χ4n) is 3.52. The van der Waals surface area contributed by atoms with Crippen LogP contribution in [0, 0.1) is 11.3 Å². The molecular weight excluding hydrogens is 441 g/mol. The van der Waals surface area contributed by atoms with Crippen LogP contribution in [0.1, 0.15) is 22.0 Å². The van der Waals surface area contributed by atoms with Gasteiger partial charge in [-0.15, -0.1) is 0 Å². The summed E-state index contributed by atoms with van der Waals surface area (Å²) in [5.74, 6) is -5.50. The third-order valence-corrected chi connectivity index (χ3v) is 4.93. The van der Waals surface area contributed by atoms with Crippen molar-refractivity contribution in [1.82, 2.24) is 5.27 Å². The summed E-state index contributed by atoms with van der Waals surface area (Å²) in [4.78, 5) is 26.0. The average molecular weight is 455 g/mol. The summed E-state index contributed by atoms with van der Waals surface area (Å²) in [5, 5.41) is 12.0. The lowest BCUT2D eigenvalue weighted by molar-refractivity contribution is -0.677. The molecule has 1 unspecified atom stereocenters. The number of hydrogen-bond donors (Lipinski definition) is 2. The maximum Gasteiger partial charge on any atom is 0.450 e. The van der Waals surface area contributed by atoms with Crippen LogP contribution in [0.25, 0.3) is 5.69 Å². The smallest absolute Gasteiger partial charge is 0.435 e. The molecule has 1 atom stereocenters. The molecule has 0 saturated carbocycles. The number of alkyl halides is 3. The first-order valence-corrected chi connectivity index (χ1v) is 9.41. The van der Waals surface area contributed by atoms with Gasteiger partial charge in [-0.05, 0) is 9.95 Å². The predicted octanol–water partition coefficient (Wildman–Crippen LogP) is 2.75. The molecule has 4 rings (SSSR count). The van der Waals surface area contributed by atoms with Gasteiger partial charge in [-0.25, -0.2) is 4.79 Å². The van der Waals surface area contributed by atoms with Gasteiger partial charge in [0.05, 0.1) is 5.57 Å². The Bertz CT molecular complexity index is 1380. The molecule has 0 bridgehead atoms.